The van der Waals surface area contributed by atoms with Crippen LogP contribution in [0.1, 0.15) is 12.5 Å². The van der Waals surface area contributed by atoms with Crippen LogP contribution in [-0.2, 0) is 10.3 Å². The second-order valence-electron chi connectivity index (χ2n) is 4.75. The maximum atomic E-state index is 13.2. The molecule has 3 N–H and O–H groups in total. The highest BCUT2D eigenvalue weighted by atomic mass is 35.5. The lowest BCUT2D eigenvalue weighted by atomic mass is 9.90. The van der Waals surface area contributed by atoms with Gasteiger partial charge in [-0.1, -0.05) is 23.7 Å². The van der Waals surface area contributed by atoms with E-state index in [-0.39, 0.29) is 5.02 Å². The number of nitrogens with one attached hydrogen (secondary N) is 1. The third-order valence-electron chi connectivity index (χ3n) is 3.21. The first kappa shape index (κ1) is 15.3. The third kappa shape index (κ3) is 3.13. The fourth-order valence-corrected chi connectivity index (χ4v) is 2.12. The standard InChI is InChI=1S/C15H13ClF2N2O/c1-15(14(19)21,9-5-6-13(18)12(16)7-9)20-11-4-2-3-10(17)8-11/h2-8,20H,1H3,(H2,19,21). The maximum Gasteiger partial charge on any atom is 0.247 e. The molecular weight excluding hydrogens is 298 g/mol. The fraction of sp³-hybridized carbons (Fsp3) is 0.133. The van der Waals surface area contributed by atoms with Gasteiger partial charge in [-0.15, -0.1) is 0 Å². The summed E-state index contributed by atoms with van der Waals surface area (Å²) < 4.78 is 26.5. The molecule has 0 spiro atoms. The highest BCUT2D eigenvalue weighted by Gasteiger charge is 2.33. The molecule has 2 aromatic rings. The van der Waals surface area contributed by atoms with Crippen molar-refractivity contribution in [1.82, 2.24) is 0 Å². The predicted octanol–water partition coefficient (Wildman–Crippen LogP) is 3.43. The SMILES string of the molecule is CC(Nc1cccc(F)c1)(C(N)=O)c1ccc(F)c(Cl)c1. The minimum atomic E-state index is -1.36. The van der Waals surface area contributed by atoms with Crippen LogP contribution in [0.2, 0.25) is 5.02 Å². The maximum absolute atomic E-state index is 13.2. The summed E-state index contributed by atoms with van der Waals surface area (Å²) in [5.74, 6) is -1.75. The van der Waals surface area contributed by atoms with Crippen molar-refractivity contribution in [2.75, 3.05) is 5.32 Å². The Hall–Kier alpha value is -2.14. The summed E-state index contributed by atoms with van der Waals surface area (Å²) in [6.45, 7) is 1.52. The van der Waals surface area contributed by atoms with Crippen molar-refractivity contribution in [3.63, 3.8) is 0 Å². The second kappa shape index (κ2) is 5.69. The quantitative estimate of drug-likeness (QED) is 0.909. The number of amides is 1. The topological polar surface area (TPSA) is 55.1 Å². The lowest BCUT2D eigenvalue weighted by molar-refractivity contribution is -0.122. The Morgan fingerprint density at radius 2 is 1.95 bits per heavy atom. The van der Waals surface area contributed by atoms with Gasteiger partial charge in [-0.2, -0.15) is 0 Å². The van der Waals surface area contributed by atoms with E-state index in [2.05, 4.69) is 5.32 Å². The van der Waals surface area contributed by atoms with Crippen LogP contribution in [0.15, 0.2) is 42.5 Å². The third-order valence-corrected chi connectivity index (χ3v) is 3.50. The first-order valence-electron chi connectivity index (χ1n) is 6.12. The van der Waals surface area contributed by atoms with Crippen molar-refractivity contribution in [3.8, 4) is 0 Å². The van der Waals surface area contributed by atoms with Crippen LogP contribution in [0.5, 0.6) is 0 Å². The van der Waals surface area contributed by atoms with E-state index in [1.54, 1.807) is 6.07 Å². The van der Waals surface area contributed by atoms with E-state index in [4.69, 9.17) is 17.3 Å². The van der Waals surface area contributed by atoms with Crippen LogP contribution in [-0.4, -0.2) is 5.91 Å². The molecule has 0 radical (unpaired) electrons. The van der Waals surface area contributed by atoms with Gasteiger partial charge in [-0.25, -0.2) is 8.78 Å². The van der Waals surface area contributed by atoms with Crippen LogP contribution in [0, 0.1) is 11.6 Å². The van der Waals surface area contributed by atoms with E-state index in [0.29, 0.717) is 11.3 Å². The summed E-state index contributed by atoms with van der Waals surface area (Å²) in [6, 6.07) is 9.46. The van der Waals surface area contributed by atoms with Gasteiger partial charge in [0, 0.05) is 5.69 Å². The van der Waals surface area contributed by atoms with Gasteiger partial charge in [0.1, 0.15) is 17.2 Å². The summed E-state index contributed by atoms with van der Waals surface area (Å²) in [6.07, 6.45) is 0. The van der Waals surface area contributed by atoms with Gasteiger partial charge in [0.2, 0.25) is 5.91 Å². The average molecular weight is 311 g/mol. The number of anilines is 1. The van der Waals surface area contributed by atoms with Crippen molar-refractivity contribution in [2.45, 2.75) is 12.5 Å². The van der Waals surface area contributed by atoms with Crippen molar-refractivity contribution >= 4 is 23.2 Å². The van der Waals surface area contributed by atoms with Crippen LogP contribution >= 0.6 is 11.6 Å². The monoisotopic (exact) mass is 310 g/mol. The van der Waals surface area contributed by atoms with Crippen LogP contribution in [0.3, 0.4) is 0 Å². The molecule has 0 fully saturated rings. The van der Waals surface area contributed by atoms with Crippen molar-refractivity contribution in [3.05, 3.63) is 64.7 Å². The Bertz CT molecular complexity index is 693. The number of primary amides is 1. The molecule has 0 heterocycles. The summed E-state index contributed by atoms with van der Waals surface area (Å²) >= 11 is 5.74. The summed E-state index contributed by atoms with van der Waals surface area (Å²) in [5, 5.41) is 2.74. The molecular formula is C15H13ClF2N2O. The highest BCUT2D eigenvalue weighted by Crippen LogP contribution is 2.29. The zero-order chi connectivity index (χ0) is 15.6. The Kier molecular flexibility index (Phi) is 4.14. The van der Waals surface area contributed by atoms with Crippen LogP contribution in [0.4, 0.5) is 14.5 Å². The Balaban J connectivity index is 2.45. The summed E-state index contributed by atoms with van der Waals surface area (Å²) in [5.41, 5.74) is 4.84. The van der Waals surface area contributed by atoms with Crippen molar-refractivity contribution in [2.24, 2.45) is 5.73 Å². The Labute approximate surface area is 125 Å². The molecule has 1 amide bonds. The van der Waals surface area contributed by atoms with Gasteiger partial charge in [-0.3, -0.25) is 4.79 Å². The Morgan fingerprint density at radius 1 is 1.24 bits per heavy atom. The van der Waals surface area contributed by atoms with Gasteiger partial charge in [-0.05, 0) is 42.8 Å². The molecule has 0 aliphatic carbocycles. The number of carbonyl (C=O) groups is 1. The van der Waals surface area contributed by atoms with E-state index >= 15 is 0 Å². The minimum absolute atomic E-state index is 0.124. The number of nitrogens with two attached hydrogens (primary N) is 1. The molecule has 0 bridgehead atoms. The van der Waals surface area contributed by atoms with E-state index in [1.165, 1.54) is 37.3 Å². The number of hydrogen-bond donors (Lipinski definition) is 2. The largest absolute Gasteiger partial charge is 0.368 e. The van der Waals surface area contributed by atoms with Gasteiger partial charge >= 0.3 is 0 Å². The molecule has 1 unspecified atom stereocenters. The average Bonchev–Trinajstić information content (AvgIpc) is 2.41. The first-order valence-corrected chi connectivity index (χ1v) is 6.50. The smallest absolute Gasteiger partial charge is 0.247 e. The molecule has 1 atom stereocenters. The molecule has 3 nitrogen and oxygen atoms in total. The van der Waals surface area contributed by atoms with E-state index in [0.717, 1.165) is 6.07 Å². The molecule has 21 heavy (non-hydrogen) atoms. The van der Waals surface area contributed by atoms with E-state index in [1.807, 2.05) is 0 Å². The normalized spacial score (nSPS) is 13.5. The van der Waals surface area contributed by atoms with Gasteiger partial charge in [0.05, 0.1) is 5.02 Å². The molecule has 0 saturated heterocycles. The van der Waals surface area contributed by atoms with Crippen LogP contribution in [0.25, 0.3) is 0 Å². The summed E-state index contributed by atoms with van der Waals surface area (Å²) in [4.78, 5) is 11.8. The summed E-state index contributed by atoms with van der Waals surface area (Å²) in [7, 11) is 0. The van der Waals surface area contributed by atoms with Crippen molar-refractivity contribution in [1.29, 1.82) is 0 Å². The van der Waals surface area contributed by atoms with Gasteiger partial charge in [0.25, 0.3) is 0 Å². The van der Waals surface area contributed by atoms with Gasteiger partial charge in [0.15, 0.2) is 0 Å². The molecule has 0 aliphatic rings. The van der Waals surface area contributed by atoms with Crippen LogP contribution < -0.4 is 11.1 Å². The molecule has 2 rings (SSSR count). The number of rotatable bonds is 4. The molecule has 6 heteroatoms. The van der Waals surface area contributed by atoms with E-state index < -0.39 is 23.1 Å². The number of hydrogen-bond acceptors (Lipinski definition) is 2. The second-order valence-corrected chi connectivity index (χ2v) is 5.16. The molecule has 0 aliphatic heterocycles. The first-order chi connectivity index (χ1) is 9.83. The number of carbonyl (C=O) groups excluding carboxylic acids is 1. The number of benzene rings is 2. The molecule has 2 aromatic carbocycles. The Morgan fingerprint density at radius 3 is 2.52 bits per heavy atom. The minimum Gasteiger partial charge on any atom is -0.368 e. The predicted molar refractivity (Wildman–Crippen MR) is 78.0 cm³/mol. The lowest BCUT2D eigenvalue weighted by Crippen LogP contribution is -2.45. The fourth-order valence-electron chi connectivity index (χ4n) is 1.94. The highest BCUT2D eigenvalue weighted by molar-refractivity contribution is 6.30. The van der Waals surface area contributed by atoms with Crippen molar-refractivity contribution < 1.29 is 13.6 Å². The molecule has 0 aromatic heterocycles. The van der Waals surface area contributed by atoms with Gasteiger partial charge < -0.3 is 11.1 Å². The zero-order valence-electron chi connectivity index (χ0n) is 11.2. The number of halogens is 3. The zero-order valence-corrected chi connectivity index (χ0v) is 11.9. The molecule has 0 saturated carbocycles. The molecule has 110 valence electrons. The lowest BCUT2D eigenvalue weighted by Gasteiger charge is -2.29. The van der Waals surface area contributed by atoms with E-state index in [9.17, 15) is 13.6 Å².